The first-order valence-electron chi connectivity index (χ1n) is 4.84. The summed E-state index contributed by atoms with van der Waals surface area (Å²) in [4.78, 5) is 11.9. The number of benzene rings is 2. The van der Waals surface area contributed by atoms with Gasteiger partial charge in [-0.3, -0.25) is 4.79 Å². The smallest absolute Gasteiger partial charge is 0.198 e. The highest BCUT2D eigenvalue weighted by molar-refractivity contribution is 9.10. The lowest BCUT2D eigenvalue weighted by Gasteiger charge is -2.04. The van der Waals surface area contributed by atoms with Gasteiger partial charge < -0.3 is 0 Å². The van der Waals surface area contributed by atoms with Gasteiger partial charge in [0, 0.05) is 4.47 Å². The van der Waals surface area contributed by atoms with Crippen LogP contribution in [-0.2, 0) is 0 Å². The lowest BCUT2D eigenvalue weighted by atomic mass is 10.0. The third-order valence-corrected chi connectivity index (χ3v) is 2.78. The number of hydrogen-bond donors (Lipinski definition) is 0. The predicted octanol–water partition coefficient (Wildman–Crippen LogP) is 3.96. The Morgan fingerprint density at radius 2 is 1.59 bits per heavy atom. The molecule has 0 saturated carbocycles. The molecule has 17 heavy (non-hydrogen) atoms. The summed E-state index contributed by atoms with van der Waals surface area (Å²) in [5, 5.41) is 0. The molecule has 0 heterocycles. The van der Waals surface area contributed by atoms with Crippen LogP contribution in [0.15, 0.2) is 46.9 Å². The van der Waals surface area contributed by atoms with E-state index in [4.69, 9.17) is 0 Å². The van der Waals surface area contributed by atoms with E-state index in [1.165, 1.54) is 36.4 Å². The van der Waals surface area contributed by atoms with Gasteiger partial charge in [-0.25, -0.2) is 8.78 Å². The average Bonchev–Trinajstić information content (AvgIpc) is 2.32. The monoisotopic (exact) mass is 296 g/mol. The van der Waals surface area contributed by atoms with Gasteiger partial charge in [-0.2, -0.15) is 0 Å². The fourth-order valence-electron chi connectivity index (χ4n) is 1.46. The Morgan fingerprint density at radius 1 is 0.941 bits per heavy atom. The highest BCUT2D eigenvalue weighted by Gasteiger charge is 2.17. The lowest BCUT2D eigenvalue weighted by Crippen LogP contribution is -2.06. The molecule has 86 valence electrons. The van der Waals surface area contributed by atoms with Gasteiger partial charge in [0.05, 0.1) is 11.1 Å². The summed E-state index contributed by atoms with van der Waals surface area (Å²) in [6.45, 7) is 0. The Kier molecular flexibility index (Phi) is 3.33. The Morgan fingerprint density at radius 3 is 2.29 bits per heavy atom. The van der Waals surface area contributed by atoms with Crippen LogP contribution in [0.2, 0.25) is 0 Å². The quantitative estimate of drug-likeness (QED) is 0.767. The summed E-state index contributed by atoms with van der Waals surface area (Å²) in [5.74, 6) is -1.99. The zero-order chi connectivity index (χ0) is 12.4. The first kappa shape index (κ1) is 11.9. The van der Waals surface area contributed by atoms with Crippen molar-refractivity contribution in [3.05, 3.63) is 69.7 Å². The van der Waals surface area contributed by atoms with Gasteiger partial charge in [0.1, 0.15) is 11.6 Å². The van der Waals surface area contributed by atoms with E-state index >= 15 is 0 Å². The van der Waals surface area contributed by atoms with Gasteiger partial charge in [0.15, 0.2) is 5.78 Å². The summed E-state index contributed by atoms with van der Waals surface area (Å²) in [7, 11) is 0. The fourth-order valence-corrected chi connectivity index (χ4v) is 1.82. The van der Waals surface area contributed by atoms with E-state index in [1.807, 2.05) is 0 Å². The summed E-state index contributed by atoms with van der Waals surface area (Å²) < 4.78 is 27.4. The highest BCUT2D eigenvalue weighted by Crippen LogP contribution is 2.20. The summed E-state index contributed by atoms with van der Waals surface area (Å²) in [6.07, 6.45) is 0. The molecule has 0 saturated heterocycles. The number of rotatable bonds is 2. The summed E-state index contributed by atoms with van der Waals surface area (Å²) in [6, 6.07) is 9.49. The minimum absolute atomic E-state index is 0.135. The summed E-state index contributed by atoms with van der Waals surface area (Å²) in [5.41, 5.74) is -0.283. The number of carbonyl (C=O) groups excluding carboxylic acids is 1. The van der Waals surface area contributed by atoms with E-state index in [2.05, 4.69) is 15.9 Å². The fraction of sp³-hybridized carbons (Fsp3) is 0. The molecule has 0 unspecified atom stereocenters. The van der Waals surface area contributed by atoms with Crippen LogP contribution in [0.5, 0.6) is 0 Å². The second-order valence-electron chi connectivity index (χ2n) is 3.43. The van der Waals surface area contributed by atoms with Crippen LogP contribution in [0, 0.1) is 11.6 Å². The van der Waals surface area contributed by atoms with Crippen molar-refractivity contribution in [3.63, 3.8) is 0 Å². The van der Waals surface area contributed by atoms with Gasteiger partial charge >= 0.3 is 0 Å². The molecule has 2 rings (SSSR count). The van der Waals surface area contributed by atoms with E-state index in [0.717, 1.165) is 6.07 Å². The first-order chi connectivity index (χ1) is 8.09. The minimum atomic E-state index is -0.665. The lowest BCUT2D eigenvalue weighted by molar-refractivity contribution is 0.103. The van der Waals surface area contributed by atoms with Gasteiger partial charge in [0.2, 0.25) is 0 Å². The molecule has 1 nitrogen and oxygen atoms in total. The number of carbonyl (C=O) groups is 1. The minimum Gasteiger partial charge on any atom is -0.288 e. The second-order valence-corrected chi connectivity index (χ2v) is 4.35. The molecule has 0 spiro atoms. The second kappa shape index (κ2) is 4.75. The van der Waals surface area contributed by atoms with Crippen LogP contribution in [0.1, 0.15) is 15.9 Å². The molecule has 2 aromatic rings. The number of hydrogen-bond acceptors (Lipinski definition) is 1. The molecule has 0 bridgehead atoms. The maximum Gasteiger partial charge on any atom is 0.198 e. The normalized spacial score (nSPS) is 10.3. The molecule has 0 radical (unpaired) electrons. The Hall–Kier alpha value is -1.55. The third-order valence-electron chi connectivity index (χ3n) is 2.29. The van der Waals surface area contributed by atoms with Crippen LogP contribution in [0.4, 0.5) is 8.78 Å². The zero-order valence-corrected chi connectivity index (χ0v) is 10.2. The zero-order valence-electron chi connectivity index (χ0n) is 8.58. The maximum atomic E-state index is 13.5. The van der Waals surface area contributed by atoms with Crippen LogP contribution in [-0.4, -0.2) is 5.78 Å². The van der Waals surface area contributed by atoms with Crippen molar-refractivity contribution in [2.24, 2.45) is 0 Å². The first-order valence-corrected chi connectivity index (χ1v) is 5.63. The van der Waals surface area contributed by atoms with Crippen LogP contribution >= 0.6 is 15.9 Å². The number of halogens is 3. The van der Waals surface area contributed by atoms with E-state index < -0.39 is 17.4 Å². The SMILES string of the molecule is O=C(c1ccccc1F)c1cc(Br)ccc1F. The topological polar surface area (TPSA) is 17.1 Å². The van der Waals surface area contributed by atoms with Gasteiger partial charge in [-0.1, -0.05) is 28.1 Å². The van der Waals surface area contributed by atoms with Crippen molar-refractivity contribution < 1.29 is 13.6 Å². The van der Waals surface area contributed by atoms with E-state index in [-0.39, 0.29) is 11.1 Å². The molecular formula is C13H7BrF2O. The van der Waals surface area contributed by atoms with Crippen molar-refractivity contribution in [2.75, 3.05) is 0 Å². The van der Waals surface area contributed by atoms with Gasteiger partial charge in [-0.15, -0.1) is 0 Å². The third kappa shape index (κ3) is 2.42. The van der Waals surface area contributed by atoms with E-state index in [9.17, 15) is 13.6 Å². The molecule has 0 aliphatic heterocycles. The highest BCUT2D eigenvalue weighted by atomic mass is 79.9. The summed E-state index contributed by atoms with van der Waals surface area (Å²) >= 11 is 3.14. The molecule has 0 fully saturated rings. The molecule has 0 aliphatic rings. The van der Waals surface area contributed by atoms with Crippen molar-refractivity contribution in [2.45, 2.75) is 0 Å². The van der Waals surface area contributed by atoms with E-state index in [0.29, 0.717) is 4.47 Å². The standard InChI is InChI=1S/C13H7BrF2O/c14-8-5-6-12(16)10(7-8)13(17)9-3-1-2-4-11(9)15/h1-7H. The van der Waals surface area contributed by atoms with Crippen molar-refractivity contribution in [3.8, 4) is 0 Å². The molecule has 0 amide bonds. The van der Waals surface area contributed by atoms with Crippen LogP contribution in [0.25, 0.3) is 0 Å². The van der Waals surface area contributed by atoms with Crippen molar-refractivity contribution in [1.29, 1.82) is 0 Å². The molecule has 0 aromatic heterocycles. The predicted molar refractivity (Wildman–Crippen MR) is 63.9 cm³/mol. The van der Waals surface area contributed by atoms with Crippen molar-refractivity contribution in [1.82, 2.24) is 0 Å². The molecule has 0 atom stereocenters. The Labute approximate surface area is 105 Å². The largest absolute Gasteiger partial charge is 0.288 e. The Bertz CT molecular complexity index is 581. The molecule has 0 aliphatic carbocycles. The van der Waals surface area contributed by atoms with Gasteiger partial charge in [-0.05, 0) is 30.3 Å². The number of ketones is 1. The molecule has 4 heteroatoms. The maximum absolute atomic E-state index is 13.5. The Balaban J connectivity index is 2.51. The molecular weight excluding hydrogens is 290 g/mol. The van der Waals surface area contributed by atoms with E-state index in [1.54, 1.807) is 0 Å². The molecule has 0 N–H and O–H groups in total. The van der Waals surface area contributed by atoms with Crippen molar-refractivity contribution >= 4 is 21.7 Å². The van der Waals surface area contributed by atoms with Crippen LogP contribution in [0.3, 0.4) is 0 Å². The average molecular weight is 297 g/mol. The van der Waals surface area contributed by atoms with Gasteiger partial charge in [0.25, 0.3) is 0 Å². The molecule has 2 aromatic carbocycles. The van der Waals surface area contributed by atoms with Crippen LogP contribution < -0.4 is 0 Å².